The largest absolute Gasteiger partial charge is 0.508 e. The molecular formula is C44H61N11O8. The van der Waals surface area contributed by atoms with E-state index in [0.717, 1.165) is 33.4 Å². The Kier molecular flexibility index (Phi) is 18.8. The van der Waals surface area contributed by atoms with E-state index in [1.165, 1.54) is 4.90 Å². The van der Waals surface area contributed by atoms with E-state index in [0.29, 0.717) is 12.8 Å². The summed E-state index contributed by atoms with van der Waals surface area (Å²) < 4.78 is 0. The number of benzene rings is 3. The third kappa shape index (κ3) is 15.4. The van der Waals surface area contributed by atoms with Crippen LogP contribution in [0.3, 0.4) is 0 Å². The molecule has 6 amide bonds. The summed E-state index contributed by atoms with van der Waals surface area (Å²) in [5, 5.41) is 20.9. The number of phenols is 1. The normalized spacial score (nSPS) is 15.4. The van der Waals surface area contributed by atoms with Gasteiger partial charge in [0.25, 0.3) is 0 Å². The van der Waals surface area contributed by atoms with E-state index in [1.54, 1.807) is 50.2 Å². The number of fused-ring (bicyclic) bond motifs is 1. The number of aryl methyl sites for hydroxylation is 2. The minimum absolute atomic E-state index is 0.0762. The van der Waals surface area contributed by atoms with Crippen molar-refractivity contribution in [2.75, 3.05) is 19.7 Å². The van der Waals surface area contributed by atoms with Crippen molar-refractivity contribution in [3.8, 4) is 5.75 Å². The Balaban J connectivity index is 1.47. The first-order valence-electron chi connectivity index (χ1n) is 20.9. The summed E-state index contributed by atoms with van der Waals surface area (Å²) in [5.41, 5.74) is 27.7. The van der Waals surface area contributed by atoms with Crippen LogP contribution in [0.2, 0.25) is 0 Å². The molecule has 0 aliphatic carbocycles. The quantitative estimate of drug-likeness (QED) is 0.0244. The molecule has 0 saturated heterocycles. The molecule has 0 radical (unpaired) electrons. The lowest BCUT2D eigenvalue weighted by molar-refractivity contribution is -0.138. The molecule has 3 aromatic carbocycles. The SMILES string of the molecule is Cc1cc(O)cc(C)c1CC(N)C(=O)NC(CCCN=C(N)N)C(=O)NC1Cc2ccccc2CN(CCC(=O)NC(CCCON)C(=O)NC(Cc2ccccc2)C(N)=O)C1=O. The van der Waals surface area contributed by atoms with Crippen LogP contribution in [0.4, 0.5) is 0 Å². The van der Waals surface area contributed by atoms with Gasteiger partial charge in [-0.25, -0.2) is 5.90 Å². The van der Waals surface area contributed by atoms with Crippen molar-refractivity contribution in [1.82, 2.24) is 26.2 Å². The summed E-state index contributed by atoms with van der Waals surface area (Å²) in [6.45, 7) is 3.94. The average Bonchev–Trinajstić information content (AvgIpc) is 3.36. The first-order valence-corrected chi connectivity index (χ1v) is 20.9. The van der Waals surface area contributed by atoms with Gasteiger partial charge >= 0.3 is 0 Å². The fourth-order valence-electron chi connectivity index (χ4n) is 7.44. The Morgan fingerprint density at radius 2 is 1.44 bits per heavy atom. The number of hydrogen-bond donors (Lipinski definition) is 10. The number of nitrogens with two attached hydrogens (primary N) is 5. The van der Waals surface area contributed by atoms with Crippen molar-refractivity contribution >= 4 is 41.4 Å². The maximum atomic E-state index is 14.3. The van der Waals surface area contributed by atoms with Gasteiger partial charge in [-0.15, -0.1) is 0 Å². The van der Waals surface area contributed by atoms with Gasteiger partial charge in [0.05, 0.1) is 12.6 Å². The molecule has 0 aromatic heterocycles. The number of aliphatic imine (C=N–C) groups is 1. The third-order valence-electron chi connectivity index (χ3n) is 10.8. The molecule has 19 heteroatoms. The molecule has 0 bridgehead atoms. The van der Waals surface area contributed by atoms with Gasteiger partial charge in [0, 0.05) is 38.9 Å². The predicted octanol–water partition coefficient (Wildman–Crippen LogP) is -0.755. The zero-order chi connectivity index (χ0) is 46.1. The number of guanidine groups is 1. The highest BCUT2D eigenvalue weighted by Gasteiger charge is 2.34. The number of carbonyl (C=O) groups excluding carboxylic acids is 6. The molecule has 63 heavy (non-hydrogen) atoms. The maximum Gasteiger partial charge on any atom is 0.245 e. The maximum absolute atomic E-state index is 14.3. The third-order valence-corrected chi connectivity index (χ3v) is 10.8. The van der Waals surface area contributed by atoms with Gasteiger partial charge in [0.15, 0.2) is 5.96 Å². The molecule has 4 rings (SSSR count). The standard InChI is InChI=1S/C44H61N11O8/c1-26-20-31(56)21-27(2)32(26)24-33(45)40(59)52-35(14-8-17-50-44(47)48)42(61)54-37-23-29-12-6-7-13-30(29)25-55(43(37)62)18-16-38(57)51-34(15-9-19-63-49)41(60)53-36(39(46)58)22-28-10-4-3-5-11-28/h3-7,10-13,20-21,33-37,56H,8-9,14-19,22-25,45,49H2,1-2H3,(H2,46,58)(H,51,57)(H,52,59)(H,53,60)(H,54,61)(H4,47,48,50). The number of hydrogen-bond acceptors (Lipinski definition) is 11. The lowest BCUT2D eigenvalue weighted by Gasteiger charge is -2.27. The highest BCUT2D eigenvalue weighted by atomic mass is 16.6. The molecule has 0 fully saturated rings. The Labute approximate surface area is 366 Å². The topological polar surface area (TPSA) is 326 Å². The summed E-state index contributed by atoms with van der Waals surface area (Å²) in [6.07, 6.45) is 1.05. The zero-order valence-electron chi connectivity index (χ0n) is 35.8. The zero-order valence-corrected chi connectivity index (χ0v) is 35.8. The van der Waals surface area contributed by atoms with Crippen LogP contribution in [0.15, 0.2) is 71.7 Å². The van der Waals surface area contributed by atoms with E-state index in [9.17, 15) is 33.9 Å². The highest BCUT2D eigenvalue weighted by Crippen LogP contribution is 2.23. The molecule has 5 atom stereocenters. The molecule has 19 nitrogen and oxygen atoms in total. The van der Waals surface area contributed by atoms with Gasteiger partial charge in [-0.2, -0.15) is 0 Å². The lowest BCUT2D eigenvalue weighted by atomic mass is 9.95. The van der Waals surface area contributed by atoms with Gasteiger partial charge < -0.3 is 59.0 Å². The van der Waals surface area contributed by atoms with E-state index < -0.39 is 65.7 Å². The Morgan fingerprint density at radius 3 is 2.10 bits per heavy atom. The Bertz CT molecular complexity index is 2070. The smallest absolute Gasteiger partial charge is 0.245 e. The predicted molar refractivity (Wildman–Crippen MR) is 236 cm³/mol. The molecule has 0 spiro atoms. The number of nitrogens with one attached hydrogen (secondary N) is 4. The van der Waals surface area contributed by atoms with Crippen LogP contribution in [-0.4, -0.2) is 101 Å². The summed E-state index contributed by atoms with van der Waals surface area (Å²) in [4.78, 5) is 91.2. The van der Waals surface area contributed by atoms with Gasteiger partial charge in [0.2, 0.25) is 35.4 Å². The van der Waals surface area contributed by atoms with Crippen LogP contribution in [-0.2, 0) is 59.4 Å². The minimum Gasteiger partial charge on any atom is -0.508 e. The Morgan fingerprint density at radius 1 is 0.825 bits per heavy atom. The van der Waals surface area contributed by atoms with E-state index >= 15 is 0 Å². The summed E-state index contributed by atoms with van der Waals surface area (Å²) in [7, 11) is 0. The fraction of sp³-hybridized carbons (Fsp3) is 0.432. The number of carbonyl (C=O) groups is 6. The van der Waals surface area contributed by atoms with Crippen molar-refractivity contribution in [3.05, 3.63) is 100 Å². The van der Waals surface area contributed by atoms with Crippen LogP contribution in [0, 0.1) is 13.8 Å². The lowest BCUT2D eigenvalue weighted by Crippen LogP contribution is -2.56. The number of rotatable bonds is 23. The molecule has 3 aromatic rings. The highest BCUT2D eigenvalue weighted by molar-refractivity contribution is 5.94. The molecule has 1 aliphatic heterocycles. The first-order chi connectivity index (χ1) is 30.1. The average molecular weight is 872 g/mol. The second kappa shape index (κ2) is 24.2. The van der Waals surface area contributed by atoms with Crippen LogP contribution in [0.25, 0.3) is 0 Å². The van der Waals surface area contributed by atoms with Crippen LogP contribution in [0.5, 0.6) is 5.75 Å². The number of aromatic hydroxyl groups is 1. The molecular weight excluding hydrogens is 811 g/mol. The molecule has 0 saturated carbocycles. The van der Waals surface area contributed by atoms with Gasteiger partial charge in [-0.1, -0.05) is 54.6 Å². The van der Waals surface area contributed by atoms with Crippen molar-refractivity contribution in [3.63, 3.8) is 0 Å². The summed E-state index contributed by atoms with van der Waals surface area (Å²) in [6, 6.07) is 14.1. The molecule has 1 heterocycles. The molecule has 1 aliphatic rings. The van der Waals surface area contributed by atoms with Gasteiger partial charge in [-0.3, -0.25) is 33.8 Å². The van der Waals surface area contributed by atoms with Crippen molar-refractivity contribution in [1.29, 1.82) is 0 Å². The number of nitrogens with zero attached hydrogens (tertiary/aromatic N) is 2. The van der Waals surface area contributed by atoms with E-state index in [4.69, 9.17) is 28.8 Å². The van der Waals surface area contributed by atoms with E-state index in [1.807, 2.05) is 30.3 Å². The van der Waals surface area contributed by atoms with Crippen molar-refractivity contribution in [2.24, 2.45) is 33.8 Å². The summed E-state index contributed by atoms with van der Waals surface area (Å²) in [5.74, 6) is 1.54. The van der Waals surface area contributed by atoms with Gasteiger partial charge in [0.1, 0.15) is 29.9 Å². The van der Waals surface area contributed by atoms with Crippen LogP contribution < -0.4 is 50.1 Å². The van der Waals surface area contributed by atoms with Crippen molar-refractivity contribution < 1.29 is 38.7 Å². The number of primary amides is 1. The number of amides is 6. The second-order valence-corrected chi connectivity index (χ2v) is 15.7. The van der Waals surface area contributed by atoms with Gasteiger partial charge in [-0.05, 0) is 91.5 Å². The van der Waals surface area contributed by atoms with Crippen molar-refractivity contribution in [2.45, 2.75) is 102 Å². The monoisotopic (exact) mass is 871 g/mol. The number of phenolic OH excluding ortho intramolecular Hbond substituents is 1. The molecule has 5 unspecified atom stereocenters. The first kappa shape index (κ1) is 49.1. The van der Waals surface area contributed by atoms with E-state index in [2.05, 4.69) is 31.1 Å². The summed E-state index contributed by atoms with van der Waals surface area (Å²) >= 11 is 0. The van der Waals surface area contributed by atoms with Crippen LogP contribution in [0.1, 0.15) is 65.5 Å². The fourth-order valence-corrected chi connectivity index (χ4v) is 7.44. The van der Waals surface area contributed by atoms with E-state index in [-0.39, 0.29) is 76.5 Å². The Hall–Kier alpha value is -6.57. The minimum atomic E-state index is -1.13. The van der Waals surface area contributed by atoms with Crippen LogP contribution >= 0.6 is 0 Å². The second-order valence-electron chi connectivity index (χ2n) is 15.7. The molecule has 15 N–H and O–H groups in total. The molecule has 340 valence electrons.